The normalized spacial score (nSPS) is 21.0. The van der Waals surface area contributed by atoms with Gasteiger partial charge in [-0.3, -0.25) is 0 Å². The molecule has 0 bridgehead atoms. The summed E-state index contributed by atoms with van der Waals surface area (Å²) in [6.45, 7) is 5.64. The van der Waals surface area contributed by atoms with E-state index in [1.165, 1.54) is 12.8 Å². The molecule has 2 heterocycles. The number of ether oxygens (including phenoxy) is 1. The third kappa shape index (κ3) is 2.79. The lowest BCUT2D eigenvalue weighted by Crippen LogP contribution is -2.26. The van der Waals surface area contributed by atoms with Crippen LogP contribution in [0.15, 0.2) is 12.4 Å². The zero-order valence-corrected chi connectivity index (χ0v) is 9.28. The van der Waals surface area contributed by atoms with Gasteiger partial charge >= 0.3 is 0 Å². The summed E-state index contributed by atoms with van der Waals surface area (Å²) in [7, 11) is 0. The van der Waals surface area contributed by atoms with Crippen molar-refractivity contribution >= 4 is 0 Å². The smallest absolute Gasteiger partial charge is 0.134 e. The van der Waals surface area contributed by atoms with E-state index in [0.717, 1.165) is 25.5 Å². The molecule has 0 saturated carbocycles. The Hall–Kier alpha value is -0.870. The maximum atomic E-state index is 5.66. The van der Waals surface area contributed by atoms with Gasteiger partial charge in [0.2, 0.25) is 0 Å². The lowest BCUT2D eigenvalue weighted by atomic mass is 10.2. The van der Waals surface area contributed by atoms with Crippen LogP contribution in [0.3, 0.4) is 0 Å². The molecule has 4 nitrogen and oxygen atoms in total. The molecule has 84 valence electrons. The highest BCUT2D eigenvalue weighted by atomic mass is 16.5. The van der Waals surface area contributed by atoms with Gasteiger partial charge in [-0.2, -0.15) is 0 Å². The van der Waals surface area contributed by atoms with E-state index in [-0.39, 0.29) is 0 Å². The Balaban J connectivity index is 1.73. The summed E-state index contributed by atoms with van der Waals surface area (Å²) in [5.74, 6) is 1.02. The van der Waals surface area contributed by atoms with Crippen LogP contribution in [0.1, 0.15) is 25.6 Å². The van der Waals surface area contributed by atoms with E-state index in [0.29, 0.717) is 12.6 Å². The Morgan fingerprint density at radius 2 is 2.60 bits per heavy atom. The van der Waals surface area contributed by atoms with Gasteiger partial charge in [0.05, 0.1) is 6.61 Å². The number of nitrogens with one attached hydrogen (secondary N) is 1. The first-order chi connectivity index (χ1) is 7.40. The lowest BCUT2D eigenvalue weighted by Gasteiger charge is -2.11. The summed E-state index contributed by atoms with van der Waals surface area (Å²) >= 11 is 0. The van der Waals surface area contributed by atoms with E-state index in [9.17, 15) is 0 Å². The van der Waals surface area contributed by atoms with Gasteiger partial charge in [-0.25, -0.2) is 4.98 Å². The zero-order chi connectivity index (χ0) is 10.5. The van der Waals surface area contributed by atoms with Gasteiger partial charge in [-0.1, -0.05) is 0 Å². The second kappa shape index (κ2) is 5.28. The number of aryl methyl sites for hydroxylation is 1. The fourth-order valence-electron chi connectivity index (χ4n) is 1.96. The molecule has 4 heteroatoms. The van der Waals surface area contributed by atoms with Gasteiger partial charge in [0.1, 0.15) is 12.4 Å². The standard InChI is InChI=1S/C11H19N3O/c1-2-14-7-6-13-11(14)9-15-8-10-4-3-5-12-10/h6-7,10,12H,2-5,8-9H2,1H3. The van der Waals surface area contributed by atoms with Crippen LogP contribution in [0.25, 0.3) is 0 Å². The lowest BCUT2D eigenvalue weighted by molar-refractivity contribution is 0.0964. The predicted molar refractivity (Wildman–Crippen MR) is 58.6 cm³/mol. The molecule has 1 atom stereocenters. The van der Waals surface area contributed by atoms with Crippen molar-refractivity contribution in [1.29, 1.82) is 0 Å². The van der Waals surface area contributed by atoms with Crippen molar-refractivity contribution in [2.45, 2.75) is 39.0 Å². The highest BCUT2D eigenvalue weighted by Crippen LogP contribution is 2.06. The maximum absolute atomic E-state index is 5.66. The van der Waals surface area contributed by atoms with E-state index < -0.39 is 0 Å². The molecule has 15 heavy (non-hydrogen) atoms. The van der Waals surface area contributed by atoms with Crippen molar-refractivity contribution in [2.75, 3.05) is 13.2 Å². The van der Waals surface area contributed by atoms with E-state index >= 15 is 0 Å². The Bertz CT molecular complexity index is 292. The molecular weight excluding hydrogens is 190 g/mol. The van der Waals surface area contributed by atoms with Crippen molar-refractivity contribution in [1.82, 2.24) is 14.9 Å². The predicted octanol–water partition coefficient (Wildman–Crippen LogP) is 1.17. The molecule has 0 radical (unpaired) electrons. The number of rotatable bonds is 5. The first-order valence-electron chi connectivity index (χ1n) is 5.71. The minimum Gasteiger partial charge on any atom is -0.372 e. The van der Waals surface area contributed by atoms with Gasteiger partial charge < -0.3 is 14.6 Å². The van der Waals surface area contributed by atoms with Crippen molar-refractivity contribution in [3.8, 4) is 0 Å². The molecule has 1 N–H and O–H groups in total. The summed E-state index contributed by atoms with van der Waals surface area (Å²) < 4.78 is 7.77. The van der Waals surface area contributed by atoms with Crippen molar-refractivity contribution < 1.29 is 4.74 Å². The largest absolute Gasteiger partial charge is 0.372 e. The van der Waals surface area contributed by atoms with Gasteiger partial charge in [-0.05, 0) is 26.3 Å². The summed E-state index contributed by atoms with van der Waals surface area (Å²) in [6, 6.07) is 0.551. The maximum Gasteiger partial charge on any atom is 0.134 e. The van der Waals surface area contributed by atoms with Crippen LogP contribution in [-0.2, 0) is 17.9 Å². The molecule has 1 aromatic rings. The number of aromatic nitrogens is 2. The summed E-state index contributed by atoms with van der Waals surface area (Å²) in [5.41, 5.74) is 0. The molecule has 0 aliphatic carbocycles. The second-order valence-electron chi connectivity index (χ2n) is 3.94. The molecule has 1 unspecified atom stereocenters. The molecule has 1 fully saturated rings. The zero-order valence-electron chi connectivity index (χ0n) is 9.28. The number of hydrogen-bond donors (Lipinski definition) is 1. The Morgan fingerprint density at radius 1 is 1.67 bits per heavy atom. The molecule has 2 rings (SSSR count). The molecule has 0 amide bonds. The third-order valence-corrected chi connectivity index (χ3v) is 2.85. The van der Waals surface area contributed by atoms with Gasteiger partial charge in [0, 0.05) is 25.0 Å². The van der Waals surface area contributed by atoms with Crippen LogP contribution >= 0.6 is 0 Å². The van der Waals surface area contributed by atoms with Crippen LogP contribution in [0.4, 0.5) is 0 Å². The fourth-order valence-corrected chi connectivity index (χ4v) is 1.96. The van der Waals surface area contributed by atoms with E-state index in [2.05, 4.69) is 21.8 Å². The molecule has 1 saturated heterocycles. The number of nitrogens with zero attached hydrogens (tertiary/aromatic N) is 2. The quantitative estimate of drug-likeness (QED) is 0.791. The average Bonchev–Trinajstić information content (AvgIpc) is 2.88. The third-order valence-electron chi connectivity index (χ3n) is 2.85. The molecule has 1 aliphatic heterocycles. The van der Waals surface area contributed by atoms with E-state index in [4.69, 9.17) is 4.74 Å². The summed E-state index contributed by atoms with van der Waals surface area (Å²) in [6.07, 6.45) is 6.34. The van der Waals surface area contributed by atoms with Crippen LogP contribution in [0.2, 0.25) is 0 Å². The van der Waals surface area contributed by atoms with Crippen LogP contribution < -0.4 is 5.32 Å². The molecule has 0 aromatic carbocycles. The van der Waals surface area contributed by atoms with Gasteiger partial charge in [-0.15, -0.1) is 0 Å². The Morgan fingerprint density at radius 3 is 3.33 bits per heavy atom. The Labute approximate surface area is 90.6 Å². The van der Waals surface area contributed by atoms with E-state index in [1.54, 1.807) is 0 Å². The number of hydrogen-bond acceptors (Lipinski definition) is 3. The van der Waals surface area contributed by atoms with Crippen molar-refractivity contribution in [3.63, 3.8) is 0 Å². The SMILES string of the molecule is CCn1ccnc1COCC1CCCN1. The highest BCUT2D eigenvalue weighted by Gasteiger charge is 2.13. The first kappa shape index (κ1) is 10.6. The van der Waals surface area contributed by atoms with Crippen LogP contribution in [0.5, 0.6) is 0 Å². The minimum absolute atomic E-state index is 0.551. The molecular formula is C11H19N3O. The summed E-state index contributed by atoms with van der Waals surface area (Å²) in [4.78, 5) is 4.27. The fraction of sp³-hybridized carbons (Fsp3) is 0.727. The summed E-state index contributed by atoms with van der Waals surface area (Å²) in [5, 5.41) is 3.41. The molecule has 1 aliphatic rings. The Kier molecular flexibility index (Phi) is 3.75. The van der Waals surface area contributed by atoms with Crippen molar-refractivity contribution in [2.24, 2.45) is 0 Å². The van der Waals surface area contributed by atoms with Crippen LogP contribution in [0, 0.1) is 0 Å². The monoisotopic (exact) mass is 209 g/mol. The molecule has 0 spiro atoms. The van der Waals surface area contributed by atoms with Gasteiger partial charge in [0.25, 0.3) is 0 Å². The topological polar surface area (TPSA) is 39.1 Å². The van der Waals surface area contributed by atoms with Crippen LogP contribution in [-0.4, -0.2) is 28.7 Å². The first-order valence-corrected chi connectivity index (χ1v) is 5.71. The molecule has 1 aromatic heterocycles. The second-order valence-corrected chi connectivity index (χ2v) is 3.94. The average molecular weight is 209 g/mol. The van der Waals surface area contributed by atoms with E-state index in [1.807, 2.05) is 12.4 Å². The van der Waals surface area contributed by atoms with Crippen molar-refractivity contribution in [3.05, 3.63) is 18.2 Å². The van der Waals surface area contributed by atoms with Gasteiger partial charge in [0.15, 0.2) is 0 Å². The minimum atomic E-state index is 0.551. The number of imidazole rings is 1. The highest BCUT2D eigenvalue weighted by molar-refractivity contribution is 4.90.